The molecule has 0 saturated carbocycles. The normalized spacial score (nSPS) is 16.6. The van der Waals surface area contributed by atoms with Crippen molar-refractivity contribution in [3.8, 4) is 11.5 Å². The molecule has 10 heteroatoms. The molecule has 0 spiro atoms. The maximum Gasteiger partial charge on any atom is 0.262 e. The van der Waals surface area contributed by atoms with Gasteiger partial charge in [0.15, 0.2) is 0 Å². The maximum atomic E-state index is 12.9. The number of anilines is 2. The van der Waals surface area contributed by atoms with Crippen molar-refractivity contribution < 1.29 is 22.7 Å². The van der Waals surface area contributed by atoms with Gasteiger partial charge in [0.05, 0.1) is 29.8 Å². The quantitative estimate of drug-likeness (QED) is 0.730. The van der Waals surface area contributed by atoms with E-state index in [1.807, 2.05) is 6.92 Å². The van der Waals surface area contributed by atoms with Crippen molar-refractivity contribution in [2.75, 3.05) is 30.0 Å². The molecule has 28 heavy (non-hydrogen) atoms. The highest BCUT2D eigenvalue weighted by molar-refractivity contribution is 7.99. The summed E-state index contributed by atoms with van der Waals surface area (Å²) in [6.07, 6.45) is 0. The molecule has 0 aliphatic carbocycles. The van der Waals surface area contributed by atoms with Crippen LogP contribution >= 0.6 is 23.4 Å². The summed E-state index contributed by atoms with van der Waals surface area (Å²) in [4.78, 5) is 12.9. The van der Waals surface area contributed by atoms with Crippen molar-refractivity contribution in [2.45, 2.75) is 16.7 Å². The van der Waals surface area contributed by atoms with Crippen LogP contribution in [0, 0.1) is 5.92 Å². The Labute approximate surface area is 172 Å². The van der Waals surface area contributed by atoms with E-state index in [1.165, 1.54) is 50.2 Å². The van der Waals surface area contributed by atoms with E-state index in [0.717, 1.165) is 4.90 Å². The summed E-state index contributed by atoms with van der Waals surface area (Å²) in [7, 11) is -1.11. The van der Waals surface area contributed by atoms with Crippen LogP contribution in [-0.2, 0) is 14.8 Å². The highest BCUT2D eigenvalue weighted by Crippen LogP contribution is 2.39. The van der Waals surface area contributed by atoms with Crippen molar-refractivity contribution in [3.63, 3.8) is 0 Å². The first-order valence-electron chi connectivity index (χ1n) is 8.27. The largest absolute Gasteiger partial charge is 0.497 e. The lowest BCUT2D eigenvalue weighted by atomic mass is 10.2. The van der Waals surface area contributed by atoms with Gasteiger partial charge in [-0.05, 0) is 18.2 Å². The number of fused-ring (bicyclic) bond motifs is 1. The van der Waals surface area contributed by atoms with Crippen LogP contribution in [0.1, 0.15) is 6.92 Å². The fourth-order valence-corrected chi connectivity index (χ4v) is 5.01. The first kappa shape index (κ1) is 20.6. The number of halogens is 1. The van der Waals surface area contributed by atoms with E-state index in [0.29, 0.717) is 17.2 Å². The molecule has 0 bridgehead atoms. The van der Waals surface area contributed by atoms with Gasteiger partial charge < -0.3 is 14.8 Å². The fourth-order valence-electron chi connectivity index (χ4n) is 2.58. The molecule has 0 saturated heterocycles. The monoisotopic (exact) mass is 442 g/mol. The summed E-state index contributed by atoms with van der Waals surface area (Å²) >= 11 is 7.71. The number of benzene rings is 2. The lowest BCUT2D eigenvalue weighted by Gasteiger charge is -2.16. The Balaban J connectivity index is 1.97. The smallest absolute Gasteiger partial charge is 0.262 e. The second kappa shape index (κ2) is 8.10. The number of hydrogen-bond acceptors (Lipinski definition) is 6. The summed E-state index contributed by atoms with van der Waals surface area (Å²) in [5, 5.41) is 2.91. The van der Waals surface area contributed by atoms with Gasteiger partial charge in [0, 0.05) is 28.7 Å². The fraction of sp³-hybridized carbons (Fsp3) is 0.278. The van der Waals surface area contributed by atoms with Crippen LogP contribution < -0.4 is 19.5 Å². The summed E-state index contributed by atoms with van der Waals surface area (Å²) in [6.45, 7) is 1.82. The van der Waals surface area contributed by atoms with Crippen molar-refractivity contribution in [1.82, 2.24) is 0 Å². The molecule has 0 radical (unpaired) electrons. The average molecular weight is 443 g/mol. The molecule has 2 aromatic carbocycles. The Kier molecular flexibility index (Phi) is 5.97. The van der Waals surface area contributed by atoms with Gasteiger partial charge in [-0.3, -0.25) is 9.52 Å². The molecule has 1 amide bonds. The summed E-state index contributed by atoms with van der Waals surface area (Å²) in [5.74, 6) is 0.970. The lowest BCUT2D eigenvalue weighted by molar-refractivity contribution is -0.118. The van der Waals surface area contributed by atoms with Crippen LogP contribution in [0.15, 0.2) is 40.1 Å². The minimum absolute atomic E-state index is 0.00404. The van der Waals surface area contributed by atoms with Crippen LogP contribution in [0.5, 0.6) is 11.5 Å². The predicted molar refractivity (Wildman–Crippen MR) is 110 cm³/mol. The zero-order valence-electron chi connectivity index (χ0n) is 15.4. The summed E-state index contributed by atoms with van der Waals surface area (Å²) < 4.78 is 38.6. The number of amides is 1. The maximum absolute atomic E-state index is 12.9. The van der Waals surface area contributed by atoms with E-state index < -0.39 is 10.0 Å². The van der Waals surface area contributed by atoms with Crippen molar-refractivity contribution in [2.24, 2.45) is 5.92 Å². The Morgan fingerprint density at radius 2 is 1.96 bits per heavy atom. The van der Waals surface area contributed by atoms with Crippen molar-refractivity contribution in [1.29, 1.82) is 0 Å². The Morgan fingerprint density at radius 3 is 2.64 bits per heavy atom. The number of carbonyl (C=O) groups excluding carboxylic acids is 1. The van der Waals surface area contributed by atoms with E-state index in [2.05, 4.69) is 10.0 Å². The van der Waals surface area contributed by atoms with E-state index >= 15 is 0 Å². The highest BCUT2D eigenvalue weighted by Gasteiger charge is 2.24. The van der Waals surface area contributed by atoms with Crippen LogP contribution in [0.4, 0.5) is 11.4 Å². The highest BCUT2D eigenvalue weighted by atomic mass is 35.5. The minimum Gasteiger partial charge on any atom is -0.497 e. The van der Waals surface area contributed by atoms with E-state index in [9.17, 15) is 13.2 Å². The van der Waals surface area contributed by atoms with Gasteiger partial charge in [-0.15, -0.1) is 11.8 Å². The third kappa shape index (κ3) is 4.16. The zero-order chi connectivity index (χ0) is 20.5. The molecule has 7 nitrogen and oxygen atoms in total. The van der Waals surface area contributed by atoms with Gasteiger partial charge >= 0.3 is 0 Å². The van der Waals surface area contributed by atoms with Gasteiger partial charge in [0.25, 0.3) is 10.0 Å². The average Bonchev–Trinajstić information content (AvgIpc) is 2.81. The molecule has 2 N–H and O–H groups in total. The molecule has 1 unspecified atom stereocenters. The molecule has 2 aromatic rings. The van der Waals surface area contributed by atoms with Gasteiger partial charge in [0.2, 0.25) is 5.91 Å². The molecule has 150 valence electrons. The third-order valence-electron chi connectivity index (χ3n) is 4.18. The molecule has 1 aliphatic heterocycles. The Hall–Kier alpha value is -2.10. The number of carbonyl (C=O) groups is 1. The van der Waals surface area contributed by atoms with Gasteiger partial charge in [-0.2, -0.15) is 0 Å². The van der Waals surface area contributed by atoms with Crippen molar-refractivity contribution in [3.05, 3.63) is 35.4 Å². The summed E-state index contributed by atoms with van der Waals surface area (Å²) in [6, 6.07) is 7.61. The standard InChI is InChI=1S/C18H19ClN2O5S2/c1-10-9-27-16-5-4-12(8-14(16)20-18(10)22)28(23,24)21-17-13(19)6-11(25-2)7-15(17)26-3/h4-8,10,21H,9H2,1-3H3,(H,20,22). The van der Waals surface area contributed by atoms with E-state index in [1.54, 1.807) is 6.07 Å². The topological polar surface area (TPSA) is 93.7 Å². The van der Waals surface area contributed by atoms with Gasteiger partial charge in [-0.25, -0.2) is 8.42 Å². The molecular weight excluding hydrogens is 424 g/mol. The van der Waals surface area contributed by atoms with Crippen LogP contribution in [0.2, 0.25) is 5.02 Å². The number of ether oxygens (including phenoxy) is 2. The van der Waals surface area contributed by atoms with Crippen LogP contribution in [-0.4, -0.2) is 34.3 Å². The number of methoxy groups -OCH3 is 2. The molecule has 0 fully saturated rings. The predicted octanol–water partition coefficient (Wildman–Crippen LogP) is 3.84. The first-order chi connectivity index (χ1) is 13.2. The second-order valence-electron chi connectivity index (χ2n) is 6.15. The summed E-state index contributed by atoms with van der Waals surface area (Å²) in [5.41, 5.74) is 0.571. The lowest BCUT2D eigenvalue weighted by Crippen LogP contribution is -2.20. The first-order valence-corrected chi connectivity index (χ1v) is 11.1. The zero-order valence-corrected chi connectivity index (χ0v) is 17.8. The minimum atomic E-state index is -3.98. The van der Waals surface area contributed by atoms with Gasteiger partial charge in [0.1, 0.15) is 17.2 Å². The molecule has 0 aromatic heterocycles. The molecule has 3 rings (SSSR count). The Bertz CT molecular complexity index is 1030. The third-order valence-corrected chi connectivity index (χ3v) is 7.15. The molecule has 1 heterocycles. The van der Waals surface area contributed by atoms with Gasteiger partial charge in [-0.1, -0.05) is 18.5 Å². The number of sulfonamides is 1. The number of thioether (sulfide) groups is 1. The van der Waals surface area contributed by atoms with E-state index in [4.69, 9.17) is 21.1 Å². The molecule has 1 aliphatic rings. The number of hydrogen-bond donors (Lipinski definition) is 2. The second-order valence-corrected chi connectivity index (χ2v) is 9.30. The van der Waals surface area contributed by atoms with Crippen molar-refractivity contribution >= 4 is 50.7 Å². The Morgan fingerprint density at radius 1 is 1.21 bits per heavy atom. The van der Waals surface area contributed by atoms with Crippen LogP contribution in [0.3, 0.4) is 0 Å². The number of rotatable bonds is 5. The molecule has 1 atom stereocenters. The SMILES string of the molecule is COc1cc(Cl)c(NS(=O)(=O)c2ccc3c(c2)NC(=O)C(C)CS3)c(OC)c1. The van der Waals surface area contributed by atoms with Crippen LogP contribution in [0.25, 0.3) is 0 Å². The molecular formula is C18H19ClN2O5S2. The van der Waals surface area contributed by atoms with E-state index in [-0.39, 0.29) is 33.2 Å². The number of nitrogens with one attached hydrogen (secondary N) is 2.